The Kier molecular flexibility index (Phi) is 5.89. The number of pyridine rings is 1. The van der Waals surface area contributed by atoms with E-state index in [2.05, 4.69) is 25.8 Å². The van der Waals surface area contributed by atoms with Gasteiger partial charge in [-0.2, -0.15) is 0 Å². The quantitative estimate of drug-likeness (QED) is 0.774. The highest BCUT2D eigenvalue weighted by molar-refractivity contribution is 9.09. The van der Waals surface area contributed by atoms with Crippen LogP contribution in [0.15, 0.2) is 18.5 Å². The van der Waals surface area contributed by atoms with Crippen molar-refractivity contribution in [2.75, 3.05) is 25.0 Å². The predicted octanol–water partition coefficient (Wildman–Crippen LogP) is 3.11. The van der Waals surface area contributed by atoms with Crippen molar-refractivity contribution in [3.05, 3.63) is 29.0 Å². The SMILES string of the molecule is Clc1cnccc1CN1CCC(OCCBr)CC1. The Hall–Kier alpha value is -0.160. The molecule has 0 spiro atoms. The van der Waals surface area contributed by atoms with Gasteiger partial charge in [-0.05, 0) is 24.5 Å². The molecule has 0 atom stereocenters. The molecule has 2 heterocycles. The van der Waals surface area contributed by atoms with E-state index in [0.29, 0.717) is 6.10 Å². The molecule has 18 heavy (non-hydrogen) atoms. The predicted molar refractivity (Wildman–Crippen MR) is 77.3 cm³/mol. The van der Waals surface area contributed by atoms with Gasteiger partial charge in [-0.15, -0.1) is 0 Å². The molecule has 0 unspecified atom stereocenters. The Morgan fingerprint density at radius 1 is 1.44 bits per heavy atom. The Bertz CT molecular complexity index is 370. The molecule has 1 aliphatic heterocycles. The van der Waals surface area contributed by atoms with Crippen LogP contribution >= 0.6 is 27.5 Å². The van der Waals surface area contributed by atoms with E-state index in [1.54, 1.807) is 12.4 Å². The average Bonchev–Trinajstić information content (AvgIpc) is 2.41. The smallest absolute Gasteiger partial charge is 0.0634 e. The molecule has 1 aromatic heterocycles. The third kappa shape index (κ3) is 4.19. The standard InChI is InChI=1S/C13H18BrClN2O/c14-4-8-18-12-2-6-17(7-3-12)10-11-1-5-16-9-13(11)15/h1,5,9,12H,2-4,6-8,10H2. The zero-order valence-electron chi connectivity index (χ0n) is 10.3. The van der Waals surface area contributed by atoms with Crippen molar-refractivity contribution in [3.63, 3.8) is 0 Å². The third-order valence-corrected chi connectivity index (χ3v) is 3.88. The largest absolute Gasteiger partial charge is 0.377 e. The van der Waals surface area contributed by atoms with Gasteiger partial charge in [0.15, 0.2) is 0 Å². The van der Waals surface area contributed by atoms with Crippen LogP contribution in [0.4, 0.5) is 0 Å². The number of halogens is 2. The normalized spacial score (nSPS) is 18.1. The summed E-state index contributed by atoms with van der Waals surface area (Å²) in [7, 11) is 0. The van der Waals surface area contributed by atoms with E-state index >= 15 is 0 Å². The Morgan fingerprint density at radius 2 is 2.22 bits per heavy atom. The van der Waals surface area contributed by atoms with Crippen LogP contribution in [0.3, 0.4) is 0 Å². The van der Waals surface area contributed by atoms with Crippen molar-refractivity contribution in [3.8, 4) is 0 Å². The molecule has 0 amide bonds. The average molecular weight is 334 g/mol. The van der Waals surface area contributed by atoms with Crippen molar-refractivity contribution in [1.29, 1.82) is 0 Å². The summed E-state index contributed by atoms with van der Waals surface area (Å²) >= 11 is 9.51. The summed E-state index contributed by atoms with van der Waals surface area (Å²) in [6.07, 6.45) is 6.15. The zero-order valence-corrected chi connectivity index (χ0v) is 12.7. The minimum absolute atomic E-state index is 0.423. The molecule has 5 heteroatoms. The van der Waals surface area contributed by atoms with Gasteiger partial charge in [0.25, 0.3) is 0 Å². The highest BCUT2D eigenvalue weighted by atomic mass is 79.9. The van der Waals surface area contributed by atoms with Gasteiger partial charge < -0.3 is 4.74 Å². The molecule has 0 saturated carbocycles. The van der Waals surface area contributed by atoms with Gasteiger partial charge in [-0.1, -0.05) is 27.5 Å². The van der Waals surface area contributed by atoms with Crippen molar-refractivity contribution in [2.24, 2.45) is 0 Å². The molecule has 0 aliphatic carbocycles. The lowest BCUT2D eigenvalue weighted by atomic mass is 10.1. The van der Waals surface area contributed by atoms with E-state index in [0.717, 1.165) is 55.0 Å². The van der Waals surface area contributed by atoms with Gasteiger partial charge >= 0.3 is 0 Å². The maximum absolute atomic E-state index is 6.12. The first-order valence-corrected chi connectivity index (χ1v) is 7.78. The number of alkyl halides is 1. The molecule has 0 radical (unpaired) electrons. The summed E-state index contributed by atoms with van der Waals surface area (Å²) in [5.74, 6) is 0. The summed E-state index contributed by atoms with van der Waals surface area (Å²) in [5, 5.41) is 1.68. The van der Waals surface area contributed by atoms with Gasteiger partial charge in [0.1, 0.15) is 0 Å². The van der Waals surface area contributed by atoms with Gasteiger partial charge in [0, 0.05) is 37.4 Å². The fourth-order valence-electron chi connectivity index (χ4n) is 2.22. The van der Waals surface area contributed by atoms with E-state index in [4.69, 9.17) is 16.3 Å². The lowest BCUT2D eigenvalue weighted by Gasteiger charge is -2.31. The molecule has 0 aromatic carbocycles. The van der Waals surface area contributed by atoms with Crippen LogP contribution in [0.5, 0.6) is 0 Å². The number of hydrogen-bond donors (Lipinski definition) is 0. The molecule has 1 fully saturated rings. The Balaban J connectivity index is 1.78. The van der Waals surface area contributed by atoms with E-state index in [-0.39, 0.29) is 0 Å². The molecule has 1 aromatic rings. The van der Waals surface area contributed by atoms with E-state index in [1.807, 2.05) is 6.07 Å². The number of aromatic nitrogens is 1. The summed E-state index contributed by atoms with van der Waals surface area (Å²) in [6, 6.07) is 2.00. The third-order valence-electron chi connectivity index (χ3n) is 3.22. The molecule has 3 nitrogen and oxygen atoms in total. The number of nitrogens with zero attached hydrogens (tertiary/aromatic N) is 2. The second kappa shape index (κ2) is 7.43. The van der Waals surface area contributed by atoms with Crippen LogP contribution < -0.4 is 0 Å². The number of likely N-dealkylation sites (tertiary alicyclic amines) is 1. The minimum atomic E-state index is 0.423. The molecular weight excluding hydrogens is 316 g/mol. The molecule has 0 bridgehead atoms. The molecule has 0 N–H and O–H groups in total. The summed E-state index contributed by atoms with van der Waals surface area (Å²) in [4.78, 5) is 6.43. The summed E-state index contributed by atoms with van der Waals surface area (Å²) in [6.45, 7) is 3.87. The maximum atomic E-state index is 6.12. The van der Waals surface area contributed by atoms with E-state index in [1.165, 1.54) is 0 Å². The first-order valence-electron chi connectivity index (χ1n) is 6.28. The van der Waals surface area contributed by atoms with Gasteiger partial charge in [-0.25, -0.2) is 0 Å². The van der Waals surface area contributed by atoms with Gasteiger partial charge in [-0.3, -0.25) is 9.88 Å². The van der Waals surface area contributed by atoms with Crippen LogP contribution in [0.2, 0.25) is 5.02 Å². The van der Waals surface area contributed by atoms with Crippen molar-refractivity contribution >= 4 is 27.5 Å². The van der Waals surface area contributed by atoms with Crippen LogP contribution in [-0.2, 0) is 11.3 Å². The molecule has 1 saturated heterocycles. The van der Waals surface area contributed by atoms with E-state index < -0.39 is 0 Å². The van der Waals surface area contributed by atoms with Gasteiger partial charge in [0.05, 0.1) is 17.7 Å². The van der Waals surface area contributed by atoms with Crippen LogP contribution in [-0.4, -0.2) is 41.0 Å². The monoisotopic (exact) mass is 332 g/mol. The van der Waals surface area contributed by atoms with Crippen LogP contribution in [0.25, 0.3) is 0 Å². The summed E-state index contributed by atoms with van der Waals surface area (Å²) in [5.41, 5.74) is 1.16. The minimum Gasteiger partial charge on any atom is -0.377 e. The fourth-order valence-corrected chi connectivity index (χ4v) is 2.58. The second-order valence-electron chi connectivity index (χ2n) is 4.50. The summed E-state index contributed by atoms with van der Waals surface area (Å²) < 4.78 is 5.74. The number of hydrogen-bond acceptors (Lipinski definition) is 3. The molecule has 2 rings (SSSR count). The Labute approximate surface area is 122 Å². The maximum Gasteiger partial charge on any atom is 0.0634 e. The fraction of sp³-hybridized carbons (Fsp3) is 0.615. The topological polar surface area (TPSA) is 25.4 Å². The van der Waals surface area contributed by atoms with Crippen molar-refractivity contribution < 1.29 is 4.74 Å². The second-order valence-corrected chi connectivity index (χ2v) is 5.70. The highest BCUT2D eigenvalue weighted by Gasteiger charge is 2.19. The van der Waals surface area contributed by atoms with Crippen molar-refractivity contribution in [1.82, 2.24) is 9.88 Å². The first-order chi connectivity index (χ1) is 8.79. The lowest BCUT2D eigenvalue weighted by Crippen LogP contribution is -2.36. The highest BCUT2D eigenvalue weighted by Crippen LogP contribution is 2.20. The first kappa shape index (κ1) is 14.3. The number of rotatable bonds is 5. The number of ether oxygens (including phenoxy) is 1. The van der Waals surface area contributed by atoms with E-state index in [9.17, 15) is 0 Å². The Morgan fingerprint density at radius 3 is 2.89 bits per heavy atom. The van der Waals surface area contributed by atoms with Crippen molar-refractivity contribution in [2.45, 2.75) is 25.5 Å². The molecular formula is C13H18BrClN2O. The number of piperidine rings is 1. The molecule has 100 valence electrons. The van der Waals surface area contributed by atoms with Crippen LogP contribution in [0.1, 0.15) is 18.4 Å². The van der Waals surface area contributed by atoms with Crippen LogP contribution in [0, 0.1) is 0 Å². The lowest BCUT2D eigenvalue weighted by molar-refractivity contribution is 0.0141. The zero-order chi connectivity index (χ0) is 12.8. The van der Waals surface area contributed by atoms with Gasteiger partial charge in [0.2, 0.25) is 0 Å². The molecule has 1 aliphatic rings.